The Bertz CT molecular complexity index is 836. The van der Waals surface area contributed by atoms with Gasteiger partial charge >= 0.3 is 5.97 Å². The maximum atomic E-state index is 13.3. The lowest BCUT2D eigenvalue weighted by Gasteiger charge is -2.39. The van der Waals surface area contributed by atoms with Gasteiger partial charge in [-0.3, -0.25) is 14.5 Å². The zero-order chi connectivity index (χ0) is 20.1. The van der Waals surface area contributed by atoms with Crippen molar-refractivity contribution in [3.05, 3.63) is 70.5 Å². The molecule has 1 N–H and O–H groups in total. The van der Waals surface area contributed by atoms with Crippen LogP contribution in [0.4, 0.5) is 4.39 Å². The summed E-state index contributed by atoms with van der Waals surface area (Å²) in [4.78, 5) is 27.7. The van der Waals surface area contributed by atoms with Crippen LogP contribution < -0.4 is 0 Å². The molecule has 0 aliphatic carbocycles. The number of carboxylic acids is 1. The van der Waals surface area contributed by atoms with Crippen LogP contribution >= 0.6 is 11.6 Å². The summed E-state index contributed by atoms with van der Waals surface area (Å²) in [5.41, 5.74) is 1.44. The fourth-order valence-electron chi connectivity index (χ4n) is 3.55. The van der Waals surface area contributed by atoms with Crippen LogP contribution in [0.1, 0.15) is 34.8 Å². The van der Waals surface area contributed by atoms with Crippen molar-refractivity contribution in [2.45, 2.75) is 18.9 Å². The second-order valence-corrected chi connectivity index (χ2v) is 7.27. The van der Waals surface area contributed by atoms with E-state index in [1.807, 2.05) is 0 Å². The van der Waals surface area contributed by atoms with E-state index in [9.17, 15) is 14.0 Å². The van der Waals surface area contributed by atoms with Crippen molar-refractivity contribution in [1.82, 2.24) is 9.80 Å². The smallest absolute Gasteiger partial charge is 0.303 e. The molecule has 1 aliphatic rings. The van der Waals surface area contributed by atoms with E-state index in [2.05, 4.69) is 4.90 Å². The first-order chi connectivity index (χ1) is 13.4. The maximum absolute atomic E-state index is 13.3. The second kappa shape index (κ2) is 9.17. The van der Waals surface area contributed by atoms with Crippen molar-refractivity contribution in [3.8, 4) is 0 Å². The number of nitrogens with zero attached hydrogens (tertiary/aromatic N) is 2. The monoisotopic (exact) mass is 404 g/mol. The van der Waals surface area contributed by atoms with Gasteiger partial charge in [-0.25, -0.2) is 4.39 Å². The van der Waals surface area contributed by atoms with E-state index < -0.39 is 5.97 Å². The van der Waals surface area contributed by atoms with Gasteiger partial charge in [0.1, 0.15) is 5.82 Å². The van der Waals surface area contributed by atoms with Gasteiger partial charge in [-0.05, 0) is 42.3 Å². The summed E-state index contributed by atoms with van der Waals surface area (Å²) >= 11 is 5.98. The minimum Gasteiger partial charge on any atom is -0.481 e. The van der Waals surface area contributed by atoms with Gasteiger partial charge in [-0.15, -0.1) is 0 Å². The van der Waals surface area contributed by atoms with Crippen LogP contribution in [0.15, 0.2) is 48.5 Å². The first kappa shape index (κ1) is 20.3. The highest BCUT2D eigenvalue weighted by atomic mass is 35.5. The number of aliphatic carboxylic acids is 1. The molecule has 0 unspecified atom stereocenters. The molecule has 3 rings (SSSR count). The molecule has 0 bridgehead atoms. The predicted octanol–water partition coefficient (Wildman–Crippen LogP) is 3.84. The van der Waals surface area contributed by atoms with E-state index >= 15 is 0 Å². The van der Waals surface area contributed by atoms with Crippen molar-refractivity contribution in [1.29, 1.82) is 0 Å². The van der Waals surface area contributed by atoms with Crippen molar-refractivity contribution < 1.29 is 19.1 Å². The maximum Gasteiger partial charge on any atom is 0.303 e. The molecule has 0 radical (unpaired) electrons. The number of hydrogen-bond acceptors (Lipinski definition) is 3. The Kier molecular flexibility index (Phi) is 6.65. The Balaban J connectivity index is 1.68. The van der Waals surface area contributed by atoms with Gasteiger partial charge in [0.25, 0.3) is 5.91 Å². The standard InChI is InChI=1S/C21H22ClFN2O3/c22-17-3-1-2-16(14-17)21(28)25-12-10-24(11-13-25)19(8-9-20(26)27)15-4-6-18(23)7-5-15/h1-7,14,19H,8-13H2,(H,26,27)/t19-/m0/s1. The Morgan fingerprint density at radius 1 is 1.07 bits per heavy atom. The minimum absolute atomic E-state index is 0.0315. The molecule has 1 heterocycles. The lowest BCUT2D eigenvalue weighted by atomic mass is 9.99. The van der Waals surface area contributed by atoms with Crippen LogP contribution in [0.3, 0.4) is 0 Å². The average Bonchev–Trinajstić information content (AvgIpc) is 2.69. The molecule has 7 heteroatoms. The summed E-state index contributed by atoms with van der Waals surface area (Å²) in [6.45, 7) is 2.31. The van der Waals surface area contributed by atoms with Crippen molar-refractivity contribution in [2.24, 2.45) is 0 Å². The molecule has 0 spiro atoms. The molecule has 148 valence electrons. The third-order valence-corrected chi connectivity index (χ3v) is 5.24. The number of hydrogen-bond donors (Lipinski definition) is 1. The van der Waals surface area contributed by atoms with Gasteiger partial charge < -0.3 is 10.0 Å². The van der Waals surface area contributed by atoms with Gasteiger partial charge in [-0.2, -0.15) is 0 Å². The third kappa shape index (κ3) is 5.09. The lowest BCUT2D eigenvalue weighted by Crippen LogP contribution is -2.49. The number of halogens is 2. The Hall–Kier alpha value is -2.44. The van der Waals surface area contributed by atoms with E-state index in [4.69, 9.17) is 16.7 Å². The molecule has 5 nitrogen and oxygen atoms in total. The summed E-state index contributed by atoms with van der Waals surface area (Å²) in [6.07, 6.45) is 0.465. The molecular formula is C21H22ClFN2O3. The van der Waals surface area contributed by atoms with Crippen LogP contribution in [0.5, 0.6) is 0 Å². The highest BCUT2D eigenvalue weighted by Crippen LogP contribution is 2.27. The van der Waals surface area contributed by atoms with Gasteiger partial charge in [0.05, 0.1) is 0 Å². The molecule has 1 aliphatic heterocycles. The summed E-state index contributed by atoms with van der Waals surface area (Å²) in [6, 6.07) is 12.9. The molecular weight excluding hydrogens is 383 g/mol. The van der Waals surface area contributed by atoms with Crippen LogP contribution in [-0.4, -0.2) is 53.0 Å². The molecule has 28 heavy (non-hydrogen) atoms. The molecule has 1 fully saturated rings. The third-order valence-electron chi connectivity index (χ3n) is 5.00. The predicted molar refractivity (Wildman–Crippen MR) is 105 cm³/mol. The van der Waals surface area contributed by atoms with Crippen LogP contribution in [-0.2, 0) is 4.79 Å². The normalized spacial score (nSPS) is 16.0. The zero-order valence-corrected chi connectivity index (χ0v) is 16.1. The molecule has 1 atom stereocenters. The van der Waals surface area contributed by atoms with E-state index in [-0.39, 0.29) is 24.2 Å². The molecule has 1 amide bonds. The lowest BCUT2D eigenvalue weighted by molar-refractivity contribution is -0.137. The molecule has 1 saturated heterocycles. The fourth-order valence-corrected chi connectivity index (χ4v) is 3.74. The Labute approximate surface area is 168 Å². The molecule has 2 aromatic rings. The van der Waals surface area contributed by atoms with Crippen molar-refractivity contribution in [3.63, 3.8) is 0 Å². The van der Waals surface area contributed by atoms with E-state index in [1.165, 1.54) is 12.1 Å². The fraction of sp³-hybridized carbons (Fsp3) is 0.333. The minimum atomic E-state index is -0.859. The number of benzene rings is 2. The number of amides is 1. The van der Waals surface area contributed by atoms with Crippen LogP contribution in [0.2, 0.25) is 5.02 Å². The van der Waals surface area contributed by atoms with Crippen molar-refractivity contribution >= 4 is 23.5 Å². The zero-order valence-electron chi connectivity index (χ0n) is 15.4. The van der Waals surface area contributed by atoms with E-state index in [0.29, 0.717) is 43.2 Å². The van der Waals surface area contributed by atoms with Gasteiger partial charge in [0.2, 0.25) is 0 Å². The van der Waals surface area contributed by atoms with Gasteiger partial charge in [0.15, 0.2) is 0 Å². The number of carbonyl (C=O) groups excluding carboxylic acids is 1. The van der Waals surface area contributed by atoms with E-state index in [0.717, 1.165) is 5.56 Å². The SMILES string of the molecule is O=C(O)CC[C@@H](c1ccc(F)cc1)N1CCN(C(=O)c2cccc(Cl)c2)CC1. The Morgan fingerprint density at radius 3 is 2.36 bits per heavy atom. The molecule has 2 aromatic carbocycles. The van der Waals surface area contributed by atoms with E-state index in [1.54, 1.807) is 41.3 Å². The summed E-state index contributed by atoms with van der Waals surface area (Å²) in [5, 5.41) is 9.60. The first-order valence-electron chi connectivity index (χ1n) is 9.20. The Morgan fingerprint density at radius 2 is 1.75 bits per heavy atom. The highest BCUT2D eigenvalue weighted by molar-refractivity contribution is 6.30. The quantitative estimate of drug-likeness (QED) is 0.794. The highest BCUT2D eigenvalue weighted by Gasteiger charge is 2.28. The second-order valence-electron chi connectivity index (χ2n) is 6.84. The number of carbonyl (C=O) groups is 2. The van der Waals surface area contributed by atoms with Gasteiger partial charge in [-0.1, -0.05) is 29.8 Å². The van der Waals surface area contributed by atoms with Crippen molar-refractivity contribution in [2.75, 3.05) is 26.2 Å². The summed E-state index contributed by atoms with van der Waals surface area (Å²) in [5.74, 6) is -1.24. The summed E-state index contributed by atoms with van der Waals surface area (Å²) < 4.78 is 13.3. The number of carboxylic acid groups (broad SMARTS) is 1. The van der Waals surface area contributed by atoms with Crippen LogP contribution in [0.25, 0.3) is 0 Å². The summed E-state index contributed by atoms with van der Waals surface area (Å²) in [7, 11) is 0. The van der Waals surface area contributed by atoms with Crippen LogP contribution in [0, 0.1) is 5.82 Å². The van der Waals surface area contributed by atoms with Gasteiger partial charge in [0, 0.05) is 49.2 Å². The topological polar surface area (TPSA) is 60.9 Å². The largest absolute Gasteiger partial charge is 0.481 e. The number of piperazine rings is 1. The average molecular weight is 405 g/mol. The molecule has 0 aromatic heterocycles. The first-order valence-corrected chi connectivity index (χ1v) is 9.58. The number of rotatable bonds is 6. The molecule has 0 saturated carbocycles.